The van der Waals surface area contributed by atoms with Crippen molar-refractivity contribution in [3.8, 4) is 5.75 Å². The van der Waals surface area contributed by atoms with Gasteiger partial charge in [0.15, 0.2) is 0 Å². The minimum Gasteiger partial charge on any atom is -0.406 e. The average Bonchev–Trinajstić information content (AvgIpc) is 3.21. The molecule has 0 radical (unpaired) electrons. The number of halogens is 4. The smallest absolute Gasteiger partial charge is 0.406 e. The molecule has 2 aromatic rings. The third-order valence-corrected chi connectivity index (χ3v) is 8.57. The van der Waals surface area contributed by atoms with Crippen LogP contribution in [0.4, 0.5) is 18.9 Å². The van der Waals surface area contributed by atoms with Gasteiger partial charge in [0.05, 0.1) is 0 Å². The number of amides is 2. The Hall–Kier alpha value is -3.42. The number of nitrogens with zero attached hydrogens (tertiary/aromatic N) is 3. The maximum atomic E-state index is 13.0. The third-order valence-electron chi connectivity index (χ3n) is 6.78. The SMILES string of the molecule is Cc1cc(N(C)C(=O)CCl)ccc1/C=C/S(=O)(=O)N1CCC2(CC1)N=C(c1cccc(OC(F)(F)F)c1)NC2=O. The Labute approximate surface area is 234 Å². The van der Waals surface area contributed by atoms with Crippen LogP contribution >= 0.6 is 11.6 Å². The quantitative estimate of drug-likeness (QED) is 0.488. The Kier molecular flexibility index (Phi) is 8.29. The highest BCUT2D eigenvalue weighted by Gasteiger charge is 2.47. The molecule has 0 aromatic heterocycles. The molecular formula is C26H26ClF3N4O5S. The number of benzene rings is 2. The number of piperidine rings is 1. The van der Waals surface area contributed by atoms with Crippen molar-refractivity contribution >= 4 is 51.0 Å². The van der Waals surface area contributed by atoms with Crippen LogP contribution in [0.3, 0.4) is 0 Å². The zero-order chi connectivity index (χ0) is 29.3. The molecule has 0 unspecified atom stereocenters. The van der Waals surface area contributed by atoms with Crippen LogP contribution in [0, 0.1) is 6.92 Å². The fourth-order valence-electron chi connectivity index (χ4n) is 4.48. The first kappa shape index (κ1) is 29.6. The molecule has 4 rings (SSSR count). The van der Waals surface area contributed by atoms with Crippen LogP contribution in [0.1, 0.15) is 29.5 Å². The molecule has 0 bridgehead atoms. The van der Waals surface area contributed by atoms with E-state index < -0.39 is 33.6 Å². The van der Waals surface area contributed by atoms with Crippen LogP contribution in [0.2, 0.25) is 0 Å². The van der Waals surface area contributed by atoms with Gasteiger partial charge in [0.25, 0.3) is 5.91 Å². The number of sulfonamides is 1. The van der Waals surface area contributed by atoms with Gasteiger partial charge in [-0.15, -0.1) is 24.8 Å². The molecule has 1 saturated heterocycles. The van der Waals surface area contributed by atoms with Crippen molar-refractivity contribution in [2.75, 3.05) is 30.9 Å². The summed E-state index contributed by atoms with van der Waals surface area (Å²) in [4.78, 5) is 30.5. The molecule has 14 heteroatoms. The van der Waals surface area contributed by atoms with E-state index in [0.717, 1.165) is 23.1 Å². The number of hydrogen-bond acceptors (Lipinski definition) is 6. The van der Waals surface area contributed by atoms with Crippen molar-refractivity contribution in [1.82, 2.24) is 9.62 Å². The first-order valence-electron chi connectivity index (χ1n) is 12.1. The molecule has 40 heavy (non-hydrogen) atoms. The van der Waals surface area contributed by atoms with Gasteiger partial charge in [-0.2, -0.15) is 4.31 Å². The molecule has 2 aliphatic rings. The van der Waals surface area contributed by atoms with Crippen molar-refractivity contribution < 1.29 is 35.9 Å². The van der Waals surface area contributed by atoms with Crippen molar-refractivity contribution in [1.29, 1.82) is 0 Å². The first-order valence-corrected chi connectivity index (χ1v) is 14.2. The lowest BCUT2D eigenvalue weighted by Gasteiger charge is -2.34. The number of hydrogen-bond donors (Lipinski definition) is 1. The number of anilines is 1. The predicted molar refractivity (Wildman–Crippen MR) is 145 cm³/mol. The maximum absolute atomic E-state index is 13.0. The van der Waals surface area contributed by atoms with Crippen molar-refractivity contribution in [3.63, 3.8) is 0 Å². The molecule has 0 atom stereocenters. The standard InChI is InChI=1S/C26H26ClF3N4O5S/c1-17-14-20(33(2)22(35)16-27)7-6-18(17)8-13-40(37,38)34-11-9-25(10-12-34)24(36)31-23(32-25)19-4-3-5-21(15-19)39-26(28,29)30/h3-8,13-15H,9-12,16H2,1-2H3,(H,31,32,36)/b13-8+. The highest BCUT2D eigenvalue weighted by Crippen LogP contribution is 2.33. The van der Waals surface area contributed by atoms with Gasteiger partial charge in [0, 0.05) is 36.8 Å². The summed E-state index contributed by atoms with van der Waals surface area (Å²) in [5.41, 5.74) is 1.05. The summed E-state index contributed by atoms with van der Waals surface area (Å²) in [6.45, 7) is 1.84. The summed E-state index contributed by atoms with van der Waals surface area (Å²) in [5.74, 6) is -1.22. The Morgan fingerprint density at radius 3 is 2.55 bits per heavy atom. The number of nitrogens with one attached hydrogen (secondary N) is 1. The molecule has 2 aromatic carbocycles. The highest BCUT2D eigenvalue weighted by molar-refractivity contribution is 7.92. The number of amidine groups is 1. The van der Waals surface area contributed by atoms with Gasteiger partial charge in [0.1, 0.15) is 23.0 Å². The Morgan fingerprint density at radius 2 is 1.93 bits per heavy atom. The number of carbonyl (C=O) groups is 2. The fraction of sp³-hybridized carbons (Fsp3) is 0.346. The monoisotopic (exact) mass is 598 g/mol. The number of carbonyl (C=O) groups excluding carboxylic acids is 2. The summed E-state index contributed by atoms with van der Waals surface area (Å²) in [6.07, 6.45) is -3.20. The lowest BCUT2D eigenvalue weighted by molar-refractivity contribution is -0.274. The van der Waals surface area contributed by atoms with Crippen LogP contribution in [0.15, 0.2) is 52.9 Å². The lowest BCUT2D eigenvalue weighted by atomic mass is 9.89. The normalized spacial score (nSPS) is 17.6. The van der Waals surface area contributed by atoms with Gasteiger partial charge < -0.3 is 15.0 Å². The molecule has 214 valence electrons. The van der Waals surface area contributed by atoms with E-state index in [1.54, 1.807) is 32.2 Å². The van der Waals surface area contributed by atoms with Crippen LogP contribution in [-0.2, 0) is 19.6 Å². The molecule has 2 heterocycles. The van der Waals surface area contributed by atoms with Crippen LogP contribution in [0.25, 0.3) is 6.08 Å². The molecule has 9 nitrogen and oxygen atoms in total. The zero-order valence-electron chi connectivity index (χ0n) is 21.5. The number of rotatable bonds is 7. The predicted octanol–water partition coefficient (Wildman–Crippen LogP) is 3.81. The van der Waals surface area contributed by atoms with Gasteiger partial charge in [-0.3, -0.25) is 14.6 Å². The second-order valence-electron chi connectivity index (χ2n) is 9.40. The van der Waals surface area contributed by atoms with Crippen LogP contribution < -0.4 is 15.0 Å². The summed E-state index contributed by atoms with van der Waals surface area (Å²) in [7, 11) is -2.23. The van der Waals surface area contributed by atoms with Gasteiger partial charge in [-0.1, -0.05) is 18.2 Å². The van der Waals surface area contributed by atoms with E-state index in [4.69, 9.17) is 11.6 Å². The summed E-state index contributed by atoms with van der Waals surface area (Å²) in [5, 5.41) is 3.70. The molecule has 0 aliphatic carbocycles. The molecule has 1 spiro atoms. The largest absolute Gasteiger partial charge is 0.573 e. The van der Waals surface area contributed by atoms with Crippen molar-refractivity contribution in [2.24, 2.45) is 4.99 Å². The number of ether oxygens (including phenoxy) is 1. The number of aliphatic imine (C=N–C) groups is 1. The second-order valence-corrected chi connectivity index (χ2v) is 11.5. The minimum absolute atomic E-state index is 0.0251. The molecule has 2 amide bonds. The number of aryl methyl sites for hydroxylation is 1. The highest BCUT2D eigenvalue weighted by atomic mass is 35.5. The molecule has 1 fully saturated rings. The molecular weight excluding hydrogens is 573 g/mol. The van der Waals surface area contributed by atoms with Crippen LogP contribution in [-0.4, -0.2) is 68.3 Å². The van der Waals surface area contributed by atoms with E-state index in [-0.39, 0.29) is 49.1 Å². The van der Waals surface area contributed by atoms with Gasteiger partial charge in [-0.25, -0.2) is 8.42 Å². The van der Waals surface area contributed by atoms with E-state index in [1.807, 2.05) is 0 Å². The summed E-state index contributed by atoms with van der Waals surface area (Å²) in [6, 6.07) is 10.2. The maximum Gasteiger partial charge on any atom is 0.573 e. The lowest BCUT2D eigenvalue weighted by Crippen LogP contribution is -2.50. The Bertz CT molecular complexity index is 1490. The van der Waals surface area contributed by atoms with E-state index >= 15 is 0 Å². The van der Waals surface area contributed by atoms with Gasteiger partial charge >= 0.3 is 6.36 Å². The molecule has 1 N–H and O–H groups in total. The van der Waals surface area contributed by atoms with Crippen molar-refractivity contribution in [2.45, 2.75) is 31.7 Å². The van der Waals surface area contributed by atoms with E-state index in [0.29, 0.717) is 11.3 Å². The van der Waals surface area contributed by atoms with E-state index in [1.165, 1.54) is 27.4 Å². The Balaban J connectivity index is 1.44. The fourth-order valence-corrected chi connectivity index (χ4v) is 5.84. The molecule has 2 aliphatic heterocycles. The average molecular weight is 599 g/mol. The second kappa shape index (κ2) is 11.2. The topological polar surface area (TPSA) is 108 Å². The van der Waals surface area contributed by atoms with Crippen LogP contribution in [0.5, 0.6) is 5.75 Å². The van der Waals surface area contributed by atoms with Gasteiger partial charge in [0.2, 0.25) is 15.9 Å². The minimum atomic E-state index is -4.86. The van der Waals surface area contributed by atoms with E-state index in [2.05, 4.69) is 15.0 Å². The summed E-state index contributed by atoms with van der Waals surface area (Å²) >= 11 is 5.61. The van der Waals surface area contributed by atoms with Crippen molar-refractivity contribution in [3.05, 3.63) is 64.6 Å². The zero-order valence-corrected chi connectivity index (χ0v) is 23.1. The Morgan fingerprint density at radius 1 is 1.23 bits per heavy atom. The van der Waals surface area contributed by atoms with E-state index in [9.17, 15) is 31.2 Å². The third kappa shape index (κ3) is 6.48. The molecule has 0 saturated carbocycles. The summed E-state index contributed by atoms with van der Waals surface area (Å²) < 4.78 is 69.0. The first-order chi connectivity index (χ1) is 18.7. The number of alkyl halides is 4. The van der Waals surface area contributed by atoms with Gasteiger partial charge in [-0.05, 0) is 61.2 Å².